The Balaban J connectivity index is 1.36. The highest BCUT2D eigenvalue weighted by molar-refractivity contribution is 5.80. The van der Waals surface area contributed by atoms with Gasteiger partial charge in [-0.3, -0.25) is 9.89 Å². The van der Waals surface area contributed by atoms with Gasteiger partial charge in [-0.05, 0) is 42.9 Å². The van der Waals surface area contributed by atoms with Gasteiger partial charge in [0, 0.05) is 45.9 Å². The molecule has 1 aliphatic carbocycles. The number of likely N-dealkylation sites (tertiary alicyclic amines) is 1. The molecule has 28 heavy (non-hydrogen) atoms. The van der Waals surface area contributed by atoms with Gasteiger partial charge in [-0.25, -0.2) is 0 Å². The molecule has 8 heteroatoms. The predicted octanol–water partition coefficient (Wildman–Crippen LogP) is 2.87. The summed E-state index contributed by atoms with van der Waals surface area (Å²) in [5, 5.41) is 6.68. The highest BCUT2D eigenvalue weighted by Crippen LogP contribution is 2.29. The second-order valence-electron chi connectivity index (χ2n) is 7.58. The zero-order valence-corrected chi connectivity index (χ0v) is 16.3. The lowest BCUT2D eigenvalue weighted by Crippen LogP contribution is -2.45. The molecule has 2 N–H and O–H groups in total. The number of aliphatic imine (C=N–C) groups is 1. The van der Waals surface area contributed by atoms with E-state index in [4.69, 9.17) is 4.74 Å². The fourth-order valence-corrected chi connectivity index (χ4v) is 3.32. The molecule has 0 amide bonds. The third-order valence-electron chi connectivity index (χ3n) is 5.11. The highest BCUT2D eigenvalue weighted by atomic mass is 19.4. The summed E-state index contributed by atoms with van der Waals surface area (Å²) in [5.74, 6) is 1.53. The van der Waals surface area contributed by atoms with Gasteiger partial charge in [-0.15, -0.1) is 0 Å². The lowest BCUT2D eigenvalue weighted by molar-refractivity contribution is -0.137. The van der Waals surface area contributed by atoms with Crippen LogP contribution in [0, 0.1) is 5.92 Å². The van der Waals surface area contributed by atoms with Crippen LogP contribution in [0.15, 0.2) is 29.3 Å². The first-order valence-corrected chi connectivity index (χ1v) is 9.87. The topological polar surface area (TPSA) is 48.9 Å². The van der Waals surface area contributed by atoms with Crippen molar-refractivity contribution in [1.29, 1.82) is 0 Å². The van der Waals surface area contributed by atoms with Crippen LogP contribution < -0.4 is 10.6 Å². The van der Waals surface area contributed by atoms with Crippen molar-refractivity contribution >= 4 is 5.96 Å². The largest absolute Gasteiger partial charge is 0.416 e. The maximum atomic E-state index is 12.7. The summed E-state index contributed by atoms with van der Waals surface area (Å²) in [6, 6.07) is 5.70. The molecule has 1 unspecified atom stereocenters. The number of ether oxygens (including phenoxy) is 1. The first-order valence-electron chi connectivity index (χ1n) is 9.87. The number of benzene rings is 1. The van der Waals surface area contributed by atoms with Crippen LogP contribution in [0.2, 0.25) is 0 Å². The van der Waals surface area contributed by atoms with Crippen molar-refractivity contribution in [2.45, 2.75) is 38.0 Å². The Labute approximate surface area is 164 Å². The average Bonchev–Trinajstić information content (AvgIpc) is 3.39. The monoisotopic (exact) mass is 398 g/mol. The van der Waals surface area contributed by atoms with Gasteiger partial charge in [0.05, 0.1) is 12.2 Å². The summed E-state index contributed by atoms with van der Waals surface area (Å²) in [6.07, 6.45) is -0.727. The molecule has 1 aromatic rings. The first-order chi connectivity index (χ1) is 13.4. The molecule has 1 atom stereocenters. The van der Waals surface area contributed by atoms with Crippen molar-refractivity contribution in [3.05, 3.63) is 35.4 Å². The molecule has 1 saturated carbocycles. The summed E-state index contributed by atoms with van der Waals surface area (Å²) >= 11 is 0. The van der Waals surface area contributed by atoms with Crippen LogP contribution >= 0.6 is 0 Å². The van der Waals surface area contributed by atoms with E-state index in [1.165, 1.54) is 12.8 Å². The third kappa shape index (κ3) is 6.67. The minimum absolute atomic E-state index is 0.271. The normalized spacial score (nSPS) is 21.1. The van der Waals surface area contributed by atoms with Crippen LogP contribution in [0.1, 0.15) is 30.4 Å². The lowest BCUT2D eigenvalue weighted by atomic mass is 10.1. The SMILES string of the molecule is CN=C(NCCOCC1CC1)NC1CCN(Cc2ccc(C(F)(F)F)cc2)C1. The molecule has 5 nitrogen and oxygen atoms in total. The summed E-state index contributed by atoms with van der Waals surface area (Å²) in [5.41, 5.74) is 0.289. The Morgan fingerprint density at radius 3 is 2.61 bits per heavy atom. The van der Waals surface area contributed by atoms with E-state index in [1.54, 1.807) is 19.2 Å². The van der Waals surface area contributed by atoms with Gasteiger partial charge in [0.1, 0.15) is 0 Å². The van der Waals surface area contributed by atoms with Crippen molar-refractivity contribution in [3.8, 4) is 0 Å². The number of guanidine groups is 1. The van der Waals surface area contributed by atoms with Crippen LogP contribution in [-0.4, -0.2) is 56.8 Å². The Kier molecular flexibility index (Phi) is 7.18. The van der Waals surface area contributed by atoms with E-state index >= 15 is 0 Å². The summed E-state index contributed by atoms with van der Waals surface area (Å²) < 4.78 is 43.6. The maximum Gasteiger partial charge on any atom is 0.416 e. The second-order valence-corrected chi connectivity index (χ2v) is 7.58. The molecule has 156 valence electrons. The van der Waals surface area contributed by atoms with E-state index < -0.39 is 11.7 Å². The molecule has 3 rings (SSSR count). The first kappa shape index (κ1) is 20.9. The van der Waals surface area contributed by atoms with Crippen molar-refractivity contribution < 1.29 is 17.9 Å². The molecule has 2 fully saturated rings. The summed E-state index contributed by atoms with van der Waals surface area (Å²) in [6.45, 7) is 4.63. The number of hydrogen-bond acceptors (Lipinski definition) is 3. The van der Waals surface area contributed by atoms with Gasteiger partial charge in [-0.2, -0.15) is 13.2 Å². The van der Waals surface area contributed by atoms with E-state index in [0.29, 0.717) is 19.7 Å². The molecule has 1 heterocycles. The van der Waals surface area contributed by atoms with Crippen LogP contribution in [0.3, 0.4) is 0 Å². The number of hydrogen-bond donors (Lipinski definition) is 2. The number of nitrogens with one attached hydrogen (secondary N) is 2. The Hall–Kier alpha value is -1.80. The molecule has 0 bridgehead atoms. The van der Waals surface area contributed by atoms with Crippen LogP contribution in [0.5, 0.6) is 0 Å². The summed E-state index contributed by atoms with van der Waals surface area (Å²) in [4.78, 5) is 6.49. The zero-order chi connectivity index (χ0) is 20.0. The molecular formula is C20H29F3N4O. The third-order valence-corrected chi connectivity index (χ3v) is 5.11. The number of nitrogens with zero attached hydrogens (tertiary/aromatic N) is 2. The van der Waals surface area contributed by atoms with E-state index in [0.717, 1.165) is 55.7 Å². The fraction of sp³-hybridized carbons (Fsp3) is 0.650. The predicted molar refractivity (Wildman–Crippen MR) is 103 cm³/mol. The Morgan fingerprint density at radius 2 is 1.96 bits per heavy atom. The van der Waals surface area contributed by atoms with Gasteiger partial charge in [0.25, 0.3) is 0 Å². The zero-order valence-electron chi connectivity index (χ0n) is 16.3. The van der Waals surface area contributed by atoms with Crippen molar-refractivity contribution in [2.24, 2.45) is 10.9 Å². The lowest BCUT2D eigenvalue weighted by Gasteiger charge is -2.19. The van der Waals surface area contributed by atoms with Gasteiger partial charge >= 0.3 is 6.18 Å². The molecular weight excluding hydrogens is 369 g/mol. The quantitative estimate of drug-likeness (QED) is 0.402. The molecule has 2 aliphatic rings. The van der Waals surface area contributed by atoms with Gasteiger partial charge < -0.3 is 15.4 Å². The molecule has 1 aromatic carbocycles. The molecule has 0 spiro atoms. The van der Waals surface area contributed by atoms with Crippen LogP contribution in [0.25, 0.3) is 0 Å². The second kappa shape index (κ2) is 9.60. The van der Waals surface area contributed by atoms with E-state index in [1.807, 2.05) is 0 Å². The smallest absolute Gasteiger partial charge is 0.379 e. The van der Waals surface area contributed by atoms with Crippen molar-refractivity contribution in [2.75, 3.05) is 39.9 Å². The van der Waals surface area contributed by atoms with Gasteiger partial charge in [0.15, 0.2) is 5.96 Å². The van der Waals surface area contributed by atoms with Gasteiger partial charge in [0.2, 0.25) is 0 Å². The molecule has 1 saturated heterocycles. The maximum absolute atomic E-state index is 12.7. The molecule has 0 radical (unpaired) electrons. The fourth-order valence-electron chi connectivity index (χ4n) is 3.32. The van der Waals surface area contributed by atoms with Crippen molar-refractivity contribution in [3.63, 3.8) is 0 Å². The highest BCUT2D eigenvalue weighted by Gasteiger charge is 2.30. The molecule has 1 aliphatic heterocycles. The molecule has 0 aromatic heterocycles. The van der Waals surface area contributed by atoms with E-state index in [9.17, 15) is 13.2 Å². The minimum atomic E-state index is -4.28. The van der Waals surface area contributed by atoms with E-state index in [-0.39, 0.29) is 6.04 Å². The standard InChI is InChI=1S/C20H29F3N4O/c1-24-19(25-9-11-28-14-16-2-3-16)26-18-8-10-27(13-18)12-15-4-6-17(7-5-15)20(21,22)23/h4-7,16,18H,2-3,8-14H2,1H3,(H2,24,25,26). The van der Waals surface area contributed by atoms with E-state index in [2.05, 4.69) is 20.5 Å². The number of alkyl halides is 3. The average molecular weight is 398 g/mol. The number of halogens is 3. The van der Waals surface area contributed by atoms with Crippen molar-refractivity contribution in [1.82, 2.24) is 15.5 Å². The Morgan fingerprint density at radius 1 is 1.21 bits per heavy atom. The summed E-state index contributed by atoms with van der Waals surface area (Å²) in [7, 11) is 1.75. The number of rotatable bonds is 8. The minimum Gasteiger partial charge on any atom is -0.379 e. The Bertz CT molecular complexity index is 644. The van der Waals surface area contributed by atoms with Crippen LogP contribution in [0.4, 0.5) is 13.2 Å². The van der Waals surface area contributed by atoms with Crippen LogP contribution in [-0.2, 0) is 17.5 Å². The van der Waals surface area contributed by atoms with Gasteiger partial charge in [-0.1, -0.05) is 12.1 Å².